The average molecular weight is 465 g/mol. The van der Waals surface area contributed by atoms with Crippen LogP contribution in [0.3, 0.4) is 0 Å². The summed E-state index contributed by atoms with van der Waals surface area (Å²) in [6.45, 7) is 1.13. The van der Waals surface area contributed by atoms with Crippen LogP contribution in [-0.2, 0) is 13.2 Å². The fourth-order valence-corrected chi connectivity index (χ4v) is 3.96. The highest BCUT2D eigenvalue weighted by Gasteiger charge is 2.16. The number of ether oxygens (including phenoxy) is 2. The number of methoxy groups -OCH3 is 2. The predicted molar refractivity (Wildman–Crippen MR) is 129 cm³/mol. The molecule has 4 aromatic rings. The summed E-state index contributed by atoms with van der Waals surface area (Å²) in [4.78, 5) is 2.10. The van der Waals surface area contributed by atoms with Gasteiger partial charge in [0, 0.05) is 12.1 Å². The third kappa shape index (κ3) is 4.97. The second-order valence-corrected chi connectivity index (χ2v) is 7.99. The molecule has 0 aliphatic carbocycles. The monoisotopic (exact) mass is 464 g/mol. The third-order valence-corrected chi connectivity index (χ3v) is 5.63. The molecule has 0 spiro atoms. The Morgan fingerprint density at radius 2 is 1.64 bits per heavy atom. The number of rotatable bonds is 8. The number of hydrogen-bond acceptors (Lipinski definition) is 5. The molecule has 0 saturated heterocycles. The molecule has 8 heteroatoms. The second-order valence-electron chi connectivity index (χ2n) is 7.63. The fraction of sp³-hybridized carbons (Fsp3) is 0.200. The van der Waals surface area contributed by atoms with Gasteiger partial charge in [-0.1, -0.05) is 36.4 Å². The van der Waals surface area contributed by atoms with Gasteiger partial charge in [0.25, 0.3) is 0 Å². The molecule has 0 radical (unpaired) electrons. The molecule has 1 aromatic heterocycles. The third-order valence-electron chi connectivity index (χ3n) is 5.23. The van der Waals surface area contributed by atoms with E-state index in [0.29, 0.717) is 35.3 Å². The van der Waals surface area contributed by atoms with Crippen LogP contribution in [-0.4, -0.2) is 40.5 Å². The highest BCUT2D eigenvalue weighted by Crippen LogP contribution is 2.28. The Hall–Kier alpha value is -3.49. The number of aromatic nitrogens is 3. The number of benzene rings is 3. The molecule has 0 amide bonds. The van der Waals surface area contributed by atoms with E-state index in [2.05, 4.69) is 4.90 Å². The molecule has 33 heavy (non-hydrogen) atoms. The number of halogens is 1. The SMILES string of the molecule is COc1ccc(CN(C)Cn2nc(-c3ccccc3)n(-c3ccc(F)cc3)c2=S)cc1OC. The van der Waals surface area contributed by atoms with Crippen molar-refractivity contribution < 1.29 is 13.9 Å². The lowest BCUT2D eigenvalue weighted by molar-refractivity contribution is 0.243. The first-order valence-electron chi connectivity index (χ1n) is 10.4. The summed E-state index contributed by atoms with van der Waals surface area (Å²) >= 11 is 5.79. The van der Waals surface area contributed by atoms with E-state index in [1.807, 2.05) is 60.1 Å². The maximum absolute atomic E-state index is 13.5. The molecule has 0 aliphatic rings. The summed E-state index contributed by atoms with van der Waals surface area (Å²) in [5.74, 6) is 1.78. The summed E-state index contributed by atoms with van der Waals surface area (Å²) in [5.41, 5.74) is 2.76. The molecular formula is C25H25FN4O2S. The average Bonchev–Trinajstić information content (AvgIpc) is 3.15. The van der Waals surface area contributed by atoms with Crippen LogP contribution >= 0.6 is 12.2 Å². The van der Waals surface area contributed by atoms with E-state index in [9.17, 15) is 4.39 Å². The van der Waals surface area contributed by atoms with Crippen molar-refractivity contribution in [3.8, 4) is 28.6 Å². The summed E-state index contributed by atoms with van der Waals surface area (Å²) in [6.07, 6.45) is 0. The standard InChI is InChI=1S/C25H25FN4O2S/c1-28(16-18-9-14-22(31-2)23(15-18)32-3)17-29-25(33)30(21-12-10-20(26)11-13-21)24(27-29)19-7-5-4-6-8-19/h4-15H,16-17H2,1-3H3. The van der Waals surface area contributed by atoms with Crippen LogP contribution in [0.5, 0.6) is 11.5 Å². The first-order valence-corrected chi connectivity index (χ1v) is 10.8. The van der Waals surface area contributed by atoms with E-state index in [0.717, 1.165) is 16.8 Å². The Bertz CT molecular complexity index is 1290. The van der Waals surface area contributed by atoms with Gasteiger partial charge in [-0.25, -0.2) is 9.07 Å². The maximum Gasteiger partial charge on any atom is 0.204 e. The lowest BCUT2D eigenvalue weighted by Crippen LogP contribution is -2.22. The quantitative estimate of drug-likeness (QED) is 0.331. The smallest absolute Gasteiger partial charge is 0.204 e. The highest BCUT2D eigenvalue weighted by molar-refractivity contribution is 7.71. The van der Waals surface area contributed by atoms with E-state index < -0.39 is 0 Å². The van der Waals surface area contributed by atoms with Gasteiger partial charge in [-0.2, -0.15) is 0 Å². The summed E-state index contributed by atoms with van der Waals surface area (Å²) in [6, 6.07) is 21.9. The minimum atomic E-state index is -0.298. The molecule has 0 aliphatic heterocycles. The first-order chi connectivity index (χ1) is 16.0. The van der Waals surface area contributed by atoms with Gasteiger partial charge in [-0.3, -0.25) is 9.47 Å². The molecular weight excluding hydrogens is 439 g/mol. The molecule has 0 saturated carbocycles. The molecule has 0 N–H and O–H groups in total. The molecule has 0 fully saturated rings. The van der Waals surface area contributed by atoms with E-state index in [1.54, 1.807) is 31.0 Å². The highest BCUT2D eigenvalue weighted by atomic mass is 32.1. The summed E-state index contributed by atoms with van der Waals surface area (Å²) < 4.78 is 28.4. The fourth-order valence-electron chi connectivity index (χ4n) is 3.67. The van der Waals surface area contributed by atoms with Crippen molar-refractivity contribution in [3.05, 3.63) is 88.9 Å². The van der Waals surface area contributed by atoms with Crippen LogP contribution < -0.4 is 9.47 Å². The van der Waals surface area contributed by atoms with Gasteiger partial charge in [0.1, 0.15) is 5.82 Å². The molecule has 0 atom stereocenters. The number of hydrogen-bond donors (Lipinski definition) is 0. The Labute approximate surface area is 197 Å². The molecule has 1 heterocycles. The molecule has 6 nitrogen and oxygen atoms in total. The van der Waals surface area contributed by atoms with Gasteiger partial charge >= 0.3 is 0 Å². The van der Waals surface area contributed by atoms with Crippen molar-refractivity contribution in [1.29, 1.82) is 0 Å². The molecule has 0 bridgehead atoms. The zero-order valence-electron chi connectivity index (χ0n) is 18.7. The Kier molecular flexibility index (Phi) is 6.86. The van der Waals surface area contributed by atoms with Crippen molar-refractivity contribution in [2.24, 2.45) is 0 Å². The first kappa shape index (κ1) is 22.7. The van der Waals surface area contributed by atoms with Crippen LogP contribution in [0.25, 0.3) is 17.1 Å². The van der Waals surface area contributed by atoms with Crippen LogP contribution in [0.1, 0.15) is 5.56 Å². The van der Waals surface area contributed by atoms with Gasteiger partial charge in [0.15, 0.2) is 17.3 Å². The molecule has 0 unspecified atom stereocenters. The largest absolute Gasteiger partial charge is 0.493 e. The van der Waals surface area contributed by atoms with Crippen LogP contribution in [0.15, 0.2) is 72.8 Å². The van der Waals surface area contributed by atoms with Gasteiger partial charge in [0.2, 0.25) is 4.77 Å². The van der Waals surface area contributed by atoms with Crippen LogP contribution in [0, 0.1) is 10.6 Å². The van der Waals surface area contributed by atoms with E-state index in [-0.39, 0.29) is 5.82 Å². The summed E-state index contributed by atoms with van der Waals surface area (Å²) in [5, 5.41) is 4.82. The van der Waals surface area contributed by atoms with Crippen molar-refractivity contribution in [3.63, 3.8) is 0 Å². The maximum atomic E-state index is 13.5. The number of nitrogens with zero attached hydrogens (tertiary/aromatic N) is 4. The van der Waals surface area contributed by atoms with Crippen molar-refractivity contribution >= 4 is 12.2 Å². The predicted octanol–water partition coefficient (Wildman–Crippen LogP) is 5.32. The Morgan fingerprint density at radius 1 is 0.939 bits per heavy atom. The lowest BCUT2D eigenvalue weighted by atomic mass is 10.2. The Balaban J connectivity index is 1.65. The lowest BCUT2D eigenvalue weighted by Gasteiger charge is -2.17. The molecule has 170 valence electrons. The van der Waals surface area contributed by atoms with Gasteiger partial charge in [-0.15, -0.1) is 5.10 Å². The zero-order valence-corrected chi connectivity index (χ0v) is 19.6. The molecule has 3 aromatic carbocycles. The topological polar surface area (TPSA) is 44.5 Å². The van der Waals surface area contributed by atoms with Crippen molar-refractivity contribution in [2.75, 3.05) is 21.3 Å². The van der Waals surface area contributed by atoms with Crippen molar-refractivity contribution in [1.82, 2.24) is 19.2 Å². The van der Waals surface area contributed by atoms with Crippen molar-refractivity contribution in [2.45, 2.75) is 13.2 Å². The second kappa shape index (κ2) is 9.97. The van der Waals surface area contributed by atoms with Gasteiger partial charge in [0.05, 0.1) is 26.6 Å². The van der Waals surface area contributed by atoms with Gasteiger partial charge < -0.3 is 9.47 Å². The van der Waals surface area contributed by atoms with Crippen LogP contribution in [0.4, 0.5) is 4.39 Å². The van der Waals surface area contributed by atoms with E-state index >= 15 is 0 Å². The minimum absolute atomic E-state index is 0.298. The summed E-state index contributed by atoms with van der Waals surface area (Å²) in [7, 11) is 5.24. The minimum Gasteiger partial charge on any atom is -0.493 e. The van der Waals surface area contributed by atoms with Crippen LogP contribution in [0.2, 0.25) is 0 Å². The zero-order chi connectivity index (χ0) is 23.4. The van der Waals surface area contributed by atoms with E-state index in [4.69, 9.17) is 26.8 Å². The molecule has 4 rings (SSSR count). The normalized spacial score (nSPS) is 11.1. The Morgan fingerprint density at radius 3 is 2.30 bits per heavy atom. The van der Waals surface area contributed by atoms with E-state index in [1.165, 1.54) is 12.1 Å². The van der Waals surface area contributed by atoms with Gasteiger partial charge in [-0.05, 0) is 61.2 Å².